The number of allylic oxidation sites excluding steroid dienone is 6. The maximum absolute atomic E-state index is 9.33. The van der Waals surface area contributed by atoms with Crippen molar-refractivity contribution in [3.05, 3.63) is 36.5 Å². The standard InChI is InChI=1S/C23H40O3/c1-2-3-4-5-6-7-8-11-15-21-17-14-18-22(21)16-12-9-10-13-19-23(25,26)20-24/h5-6,9,11-12,15,21-22,24-26H,2-4,7-8,10,13-14,16-20H2,1H3/b6-5+,12-9-,15-11+/t21-,22-/m0/s1. The second-order valence-corrected chi connectivity index (χ2v) is 7.71. The normalized spacial score (nSPS) is 21.7. The van der Waals surface area contributed by atoms with Crippen molar-refractivity contribution in [2.45, 2.75) is 89.8 Å². The van der Waals surface area contributed by atoms with Gasteiger partial charge in [-0.3, -0.25) is 0 Å². The quantitative estimate of drug-likeness (QED) is 0.223. The molecule has 150 valence electrons. The molecule has 0 bridgehead atoms. The molecule has 0 aliphatic heterocycles. The van der Waals surface area contributed by atoms with E-state index in [1.165, 1.54) is 38.5 Å². The Hall–Kier alpha value is -0.900. The number of rotatable bonds is 14. The van der Waals surface area contributed by atoms with E-state index in [2.05, 4.69) is 43.4 Å². The average Bonchev–Trinajstić information content (AvgIpc) is 3.07. The third kappa shape index (κ3) is 10.9. The zero-order valence-electron chi connectivity index (χ0n) is 16.7. The van der Waals surface area contributed by atoms with E-state index in [0.717, 1.165) is 37.5 Å². The number of hydrogen-bond donors (Lipinski definition) is 3. The van der Waals surface area contributed by atoms with Crippen molar-refractivity contribution >= 4 is 0 Å². The smallest absolute Gasteiger partial charge is 0.186 e. The number of aliphatic hydroxyl groups excluding tert-OH is 1. The summed E-state index contributed by atoms with van der Waals surface area (Å²) in [4.78, 5) is 0. The second kappa shape index (κ2) is 14.2. The van der Waals surface area contributed by atoms with Crippen molar-refractivity contribution < 1.29 is 15.3 Å². The van der Waals surface area contributed by atoms with E-state index in [0.29, 0.717) is 6.42 Å². The van der Waals surface area contributed by atoms with Crippen LogP contribution in [0, 0.1) is 11.8 Å². The monoisotopic (exact) mass is 364 g/mol. The first-order chi connectivity index (χ1) is 12.6. The molecular weight excluding hydrogens is 324 g/mol. The molecule has 3 N–H and O–H groups in total. The molecule has 0 heterocycles. The number of aliphatic hydroxyl groups is 3. The lowest BCUT2D eigenvalue weighted by Gasteiger charge is -2.17. The molecule has 0 aromatic heterocycles. The minimum absolute atomic E-state index is 0.218. The van der Waals surface area contributed by atoms with E-state index in [1.807, 2.05) is 0 Å². The first kappa shape index (κ1) is 23.1. The Balaban J connectivity index is 2.17. The Labute approximate surface area is 160 Å². The van der Waals surface area contributed by atoms with E-state index in [-0.39, 0.29) is 6.42 Å². The molecule has 26 heavy (non-hydrogen) atoms. The molecule has 0 spiro atoms. The molecule has 3 heteroatoms. The van der Waals surface area contributed by atoms with E-state index in [4.69, 9.17) is 5.11 Å². The summed E-state index contributed by atoms with van der Waals surface area (Å²) in [6.45, 7) is 1.64. The molecule has 0 radical (unpaired) electrons. The lowest BCUT2D eigenvalue weighted by Crippen LogP contribution is -2.32. The van der Waals surface area contributed by atoms with Gasteiger partial charge in [-0.25, -0.2) is 0 Å². The molecule has 0 aromatic rings. The fourth-order valence-corrected chi connectivity index (χ4v) is 3.60. The molecule has 1 saturated carbocycles. The molecule has 1 fully saturated rings. The van der Waals surface area contributed by atoms with Gasteiger partial charge in [0.1, 0.15) is 0 Å². The SMILES string of the molecule is CCCC/C=C/CC/C=C/[C@H]1CCC[C@@H]1C/C=C\CCCC(O)(O)CO. The molecule has 0 unspecified atom stereocenters. The summed E-state index contributed by atoms with van der Waals surface area (Å²) >= 11 is 0. The van der Waals surface area contributed by atoms with Crippen LogP contribution in [0.25, 0.3) is 0 Å². The van der Waals surface area contributed by atoms with Crippen LogP contribution in [0.4, 0.5) is 0 Å². The van der Waals surface area contributed by atoms with Crippen LogP contribution in [-0.2, 0) is 0 Å². The fourth-order valence-electron chi connectivity index (χ4n) is 3.60. The summed E-state index contributed by atoms with van der Waals surface area (Å²) < 4.78 is 0. The summed E-state index contributed by atoms with van der Waals surface area (Å²) in [6, 6.07) is 0. The van der Waals surface area contributed by atoms with Crippen molar-refractivity contribution in [2.75, 3.05) is 6.61 Å². The van der Waals surface area contributed by atoms with Crippen LogP contribution in [0.3, 0.4) is 0 Å². The number of unbranched alkanes of at least 4 members (excludes halogenated alkanes) is 4. The molecule has 0 aromatic carbocycles. The Bertz CT molecular complexity index is 423. The predicted octanol–water partition coefficient (Wildman–Crippen LogP) is 5.28. The third-order valence-electron chi connectivity index (χ3n) is 5.30. The van der Waals surface area contributed by atoms with Gasteiger partial charge in [-0.05, 0) is 63.2 Å². The molecule has 0 amide bonds. The highest BCUT2D eigenvalue weighted by Crippen LogP contribution is 2.35. The minimum atomic E-state index is -1.92. The van der Waals surface area contributed by atoms with Crippen LogP contribution in [0.15, 0.2) is 36.5 Å². The van der Waals surface area contributed by atoms with Crippen LogP contribution in [0.1, 0.15) is 84.0 Å². The third-order valence-corrected chi connectivity index (χ3v) is 5.30. The van der Waals surface area contributed by atoms with Gasteiger partial charge in [-0.15, -0.1) is 0 Å². The molecule has 1 rings (SSSR count). The second-order valence-electron chi connectivity index (χ2n) is 7.71. The van der Waals surface area contributed by atoms with Crippen molar-refractivity contribution in [3.8, 4) is 0 Å². The molecule has 2 atom stereocenters. The molecule has 1 aliphatic carbocycles. The maximum Gasteiger partial charge on any atom is 0.186 e. The van der Waals surface area contributed by atoms with Gasteiger partial charge in [-0.1, -0.05) is 62.6 Å². The molecule has 0 saturated heterocycles. The van der Waals surface area contributed by atoms with Gasteiger partial charge in [0.05, 0.1) is 6.61 Å². The Kier molecular flexibility index (Phi) is 12.6. The van der Waals surface area contributed by atoms with Crippen LogP contribution < -0.4 is 0 Å². The Morgan fingerprint density at radius 2 is 1.58 bits per heavy atom. The van der Waals surface area contributed by atoms with Gasteiger partial charge in [0.15, 0.2) is 5.79 Å². The summed E-state index contributed by atoms with van der Waals surface area (Å²) in [5.74, 6) is -0.434. The summed E-state index contributed by atoms with van der Waals surface area (Å²) in [6.07, 6.45) is 26.8. The highest BCUT2D eigenvalue weighted by atomic mass is 16.5. The fraction of sp³-hybridized carbons (Fsp3) is 0.739. The van der Waals surface area contributed by atoms with Gasteiger partial charge >= 0.3 is 0 Å². The van der Waals surface area contributed by atoms with Gasteiger partial charge in [0.2, 0.25) is 0 Å². The van der Waals surface area contributed by atoms with Crippen LogP contribution in [-0.4, -0.2) is 27.7 Å². The van der Waals surface area contributed by atoms with Crippen LogP contribution in [0.5, 0.6) is 0 Å². The van der Waals surface area contributed by atoms with Crippen molar-refractivity contribution in [1.29, 1.82) is 0 Å². The van der Waals surface area contributed by atoms with E-state index in [1.54, 1.807) is 0 Å². The van der Waals surface area contributed by atoms with Crippen molar-refractivity contribution in [1.82, 2.24) is 0 Å². The van der Waals surface area contributed by atoms with Crippen LogP contribution in [0.2, 0.25) is 0 Å². The van der Waals surface area contributed by atoms with Crippen LogP contribution >= 0.6 is 0 Å². The largest absolute Gasteiger partial charge is 0.391 e. The summed E-state index contributed by atoms with van der Waals surface area (Å²) in [7, 11) is 0. The van der Waals surface area contributed by atoms with Crippen molar-refractivity contribution in [3.63, 3.8) is 0 Å². The first-order valence-electron chi connectivity index (χ1n) is 10.6. The zero-order valence-corrected chi connectivity index (χ0v) is 16.7. The molecule has 3 nitrogen and oxygen atoms in total. The van der Waals surface area contributed by atoms with Gasteiger partial charge in [0.25, 0.3) is 0 Å². The average molecular weight is 365 g/mol. The minimum Gasteiger partial charge on any atom is -0.391 e. The van der Waals surface area contributed by atoms with Gasteiger partial charge < -0.3 is 15.3 Å². The maximum atomic E-state index is 9.33. The highest BCUT2D eigenvalue weighted by molar-refractivity contribution is 4.98. The van der Waals surface area contributed by atoms with E-state index >= 15 is 0 Å². The zero-order chi connectivity index (χ0) is 19.1. The Morgan fingerprint density at radius 3 is 2.35 bits per heavy atom. The number of hydrogen-bond acceptors (Lipinski definition) is 3. The van der Waals surface area contributed by atoms with Crippen molar-refractivity contribution in [2.24, 2.45) is 11.8 Å². The van der Waals surface area contributed by atoms with Gasteiger partial charge in [0, 0.05) is 6.42 Å². The molecule has 1 aliphatic rings. The van der Waals surface area contributed by atoms with E-state index in [9.17, 15) is 10.2 Å². The predicted molar refractivity (Wildman–Crippen MR) is 110 cm³/mol. The lowest BCUT2D eigenvalue weighted by atomic mass is 9.92. The summed E-state index contributed by atoms with van der Waals surface area (Å²) in [5, 5.41) is 27.5. The summed E-state index contributed by atoms with van der Waals surface area (Å²) in [5.41, 5.74) is 0. The first-order valence-corrected chi connectivity index (χ1v) is 10.6. The van der Waals surface area contributed by atoms with E-state index < -0.39 is 12.4 Å². The molecular formula is C23H40O3. The lowest BCUT2D eigenvalue weighted by molar-refractivity contribution is -0.191. The Morgan fingerprint density at radius 1 is 0.885 bits per heavy atom. The van der Waals surface area contributed by atoms with Gasteiger partial charge in [-0.2, -0.15) is 0 Å². The topological polar surface area (TPSA) is 60.7 Å². The highest BCUT2D eigenvalue weighted by Gasteiger charge is 2.23.